The molecule has 0 unspecified atom stereocenters. The summed E-state index contributed by atoms with van der Waals surface area (Å²) >= 11 is 0. The van der Waals surface area contributed by atoms with Crippen molar-refractivity contribution in [2.24, 2.45) is 0 Å². The van der Waals surface area contributed by atoms with Gasteiger partial charge in [0.15, 0.2) is 0 Å². The zero-order valence-corrected chi connectivity index (χ0v) is 17.0. The number of benzene rings is 3. The van der Waals surface area contributed by atoms with Crippen LogP contribution in [0, 0.1) is 5.82 Å². The highest BCUT2D eigenvalue weighted by Gasteiger charge is 2.31. The van der Waals surface area contributed by atoms with Gasteiger partial charge in [-0.25, -0.2) is 4.39 Å². The topological polar surface area (TPSA) is 75.9 Å². The van der Waals surface area contributed by atoms with Gasteiger partial charge in [0.25, 0.3) is 5.95 Å². The maximum absolute atomic E-state index is 13.2. The van der Waals surface area contributed by atoms with Gasteiger partial charge in [-0.15, -0.1) is 0 Å². The van der Waals surface area contributed by atoms with Crippen LogP contribution in [0.5, 0.6) is 0 Å². The third kappa shape index (κ3) is 3.85. The average molecular weight is 426 g/mol. The maximum atomic E-state index is 13.2. The summed E-state index contributed by atoms with van der Waals surface area (Å²) in [6.07, 6.45) is 2.05. The summed E-state index contributed by atoms with van der Waals surface area (Å²) < 4.78 is 14.9. The Morgan fingerprint density at radius 3 is 2.34 bits per heavy atom. The summed E-state index contributed by atoms with van der Waals surface area (Å²) in [5.41, 5.74) is 3.32. The Balaban J connectivity index is 1.52. The first-order valence-corrected chi connectivity index (χ1v) is 10.1. The first kappa shape index (κ1) is 19.6. The predicted octanol–water partition coefficient (Wildman–Crippen LogP) is 3.90. The van der Waals surface area contributed by atoms with Crippen molar-refractivity contribution in [1.82, 2.24) is 20.2 Å². The number of anilines is 2. The van der Waals surface area contributed by atoms with Gasteiger partial charge in [0.1, 0.15) is 18.4 Å². The van der Waals surface area contributed by atoms with E-state index in [0.29, 0.717) is 11.6 Å². The van der Waals surface area contributed by atoms with Gasteiger partial charge < -0.3 is 5.32 Å². The number of carbonyl (C=O) groups is 1. The van der Waals surface area contributed by atoms with Crippen LogP contribution in [0.15, 0.2) is 91.0 Å². The van der Waals surface area contributed by atoms with Crippen LogP contribution in [-0.4, -0.2) is 32.7 Å². The molecule has 0 aliphatic carbocycles. The van der Waals surface area contributed by atoms with Gasteiger partial charge in [-0.2, -0.15) is 4.68 Å². The van der Waals surface area contributed by atoms with E-state index >= 15 is 0 Å². The molecule has 7 nitrogen and oxygen atoms in total. The lowest BCUT2D eigenvalue weighted by Crippen LogP contribution is -2.37. The normalized spacial score (nSPS) is 15.1. The molecule has 0 radical (unpaired) electrons. The molecule has 1 aliphatic heterocycles. The summed E-state index contributed by atoms with van der Waals surface area (Å²) in [5.74, 6) is -0.167. The molecule has 0 saturated heterocycles. The number of amides is 1. The first-order chi connectivity index (χ1) is 15.7. The Kier molecular flexibility index (Phi) is 5.17. The third-order valence-corrected chi connectivity index (χ3v) is 5.23. The standard InChI is InChI=1S/C24H19FN6O/c25-19-11-13-20(14-12-19)26-23(32)16-30-21(17-7-3-1-4-8-17)15-22(18-9-5-2-6-10-18)31-24(30)27-28-29-31/h1-15,22H,16H2,(H,26,32)/t22-/m1/s1. The zero-order chi connectivity index (χ0) is 21.9. The van der Waals surface area contributed by atoms with Crippen molar-refractivity contribution in [1.29, 1.82) is 0 Å². The van der Waals surface area contributed by atoms with Gasteiger partial charge in [0.05, 0.1) is 5.70 Å². The van der Waals surface area contributed by atoms with Crippen molar-refractivity contribution >= 4 is 23.2 Å². The van der Waals surface area contributed by atoms with Crippen molar-refractivity contribution in [3.05, 3.63) is 108 Å². The number of fused-ring (bicyclic) bond motifs is 1. The van der Waals surface area contributed by atoms with E-state index in [9.17, 15) is 9.18 Å². The van der Waals surface area contributed by atoms with Gasteiger partial charge in [-0.1, -0.05) is 65.8 Å². The molecule has 1 atom stereocenters. The molecule has 4 aromatic rings. The number of allylic oxidation sites excluding steroid dienone is 1. The van der Waals surface area contributed by atoms with Crippen LogP contribution in [0.25, 0.3) is 5.70 Å². The van der Waals surface area contributed by atoms with E-state index in [1.165, 1.54) is 24.3 Å². The molecule has 158 valence electrons. The number of hydrogen-bond donors (Lipinski definition) is 1. The number of tetrazole rings is 1. The highest BCUT2D eigenvalue weighted by Crippen LogP contribution is 2.35. The SMILES string of the molecule is O=C(CN1C(c2ccccc2)=C[C@H](c2ccccc2)n2nnnc21)Nc1ccc(F)cc1. The molecular formula is C24H19FN6O. The molecule has 0 bridgehead atoms. The largest absolute Gasteiger partial charge is 0.325 e. The Morgan fingerprint density at radius 2 is 1.62 bits per heavy atom. The smallest absolute Gasteiger partial charge is 0.251 e. The van der Waals surface area contributed by atoms with Crippen LogP contribution in [0.4, 0.5) is 16.0 Å². The van der Waals surface area contributed by atoms with E-state index < -0.39 is 0 Å². The minimum Gasteiger partial charge on any atom is -0.325 e. The lowest BCUT2D eigenvalue weighted by Gasteiger charge is -2.32. The average Bonchev–Trinajstić information content (AvgIpc) is 3.32. The third-order valence-electron chi connectivity index (χ3n) is 5.23. The lowest BCUT2D eigenvalue weighted by molar-refractivity contribution is -0.114. The molecule has 3 aromatic carbocycles. The molecule has 0 spiro atoms. The summed E-state index contributed by atoms with van der Waals surface area (Å²) in [4.78, 5) is 14.7. The highest BCUT2D eigenvalue weighted by atomic mass is 19.1. The number of aromatic nitrogens is 4. The van der Waals surface area contributed by atoms with Crippen molar-refractivity contribution in [3.8, 4) is 0 Å². The van der Waals surface area contributed by atoms with E-state index in [0.717, 1.165) is 16.8 Å². The van der Waals surface area contributed by atoms with Gasteiger partial charge in [-0.05, 0) is 51.9 Å². The minimum atomic E-state index is -0.362. The van der Waals surface area contributed by atoms with Crippen molar-refractivity contribution < 1.29 is 9.18 Å². The first-order valence-electron chi connectivity index (χ1n) is 10.1. The second-order valence-electron chi connectivity index (χ2n) is 7.34. The predicted molar refractivity (Wildman–Crippen MR) is 119 cm³/mol. The Labute approximate surface area is 183 Å². The summed E-state index contributed by atoms with van der Waals surface area (Å²) in [7, 11) is 0. The van der Waals surface area contributed by atoms with E-state index in [2.05, 4.69) is 26.9 Å². The van der Waals surface area contributed by atoms with Crippen LogP contribution < -0.4 is 10.2 Å². The fourth-order valence-electron chi connectivity index (χ4n) is 3.75. The second kappa shape index (κ2) is 8.43. The molecule has 5 rings (SSSR count). The lowest BCUT2D eigenvalue weighted by atomic mass is 10.0. The number of rotatable bonds is 5. The Bertz CT molecular complexity index is 1250. The molecule has 2 heterocycles. The Hall–Kier alpha value is -4.33. The van der Waals surface area contributed by atoms with Crippen LogP contribution in [0.2, 0.25) is 0 Å². The van der Waals surface area contributed by atoms with Crippen LogP contribution in [0.3, 0.4) is 0 Å². The second-order valence-corrected chi connectivity index (χ2v) is 7.34. The molecule has 0 saturated carbocycles. The summed E-state index contributed by atoms with van der Waals surface area (Å²) in [6.45, 7) is -0.0139. The highest BCUT2D eigenvalue weighted by molar-refractivity contribution is 5.97. The number of halogens is 1. The molecule has 0 fully saturated rings. The summed E-state index contributed by atoms with van der Waals surface area (Å²) in [5, 5.41) is 15.1. The van der Waals surface area contributed by atoms with E-state index in [-0.39, 0.29) is 24.3 Å². The number of nitrogens with zero attached hydrogens (tertiary/aromatic N) is 5. The number of carbonyl (C=O) groups excluding carboxylic acids is 1. The molecule has 8 heteroatoms. The molecule has 1 aromatic heterocycles. The zero-order valence-electron chi connectivity index (χ0n) is 17.0. The van der Waals surface area contributed by atoms with E-state index in [1.54, 1.807) is 9.58 Å². The fourth-order valence-corrected chi connectivity index (χ4v) is 3.75. The van der Waals surface area contributed by atoms with E-state index in [4.69, 9.17) is 0 Å². The quantitative estimate of drug-likeness (QED) is 0.524. The fraction of sp³-hybridized carbons (Fsp3) is 0.0833. The van der Waals surface area contributed by atoms with Crippen molar-refractivity contribution in [2.45, 2.75) is 6.04 Å². The molecular weight excluding hydrogens is 407 g/mol. The summed E-state index contributed by atoms with van der Waals surface area (Å²) in [6, 6.07) is 25.2. The Morgan fingerprint density at radius 1 is 0.938 bits per heavy atom. The van der Waals surface area contributed by atoms with Crippen molar-refractivity contribution in [3.63, 3.8) is 0 Å². The van der Waals surface area contributed by atoms with E-state index in [1.807, 2.05) is 60.7 Å². The number of hydrogen-bond acceptors (Lipinski definition) is 5. The molecule has 1 amide bonds. The van der Waals surface area contributed by atoms with Crippen LogP contribution in [0.1, 0.15) is 17.2 Å². The van der Waals surface area contributed by atoms with Gasteiger partial charge in [0, 0.05) is 5.69 Å². The van der Waals surface area contributed by atoms with Gasteiger partial charge in [-0.3, -0.25) is 9.69 Å². The van der Waals surface area contributed by atoms with Crippen LogP contribution in [-0.2, 0) is 4.79 Å². The minimum absolute atomic E-state index is 0.0139. The molecule has 1 aliphatic rings. The molecule has 1 N–H and O–H groups in total. The van der Waals surface area contributed by atoms with Gasteiger partial charge >= 0.3 is 0 Å². The molecule has 32 heavy (non-hydrogen) atoms. The maximum Gasteiger partial charge on any atom is 0.251 e. The van der Waals surface area contributed by atoms with Crippen molar-refractivity contribution in [2.75, 3.05) is 16.8 Å². The van der Waals surface area contributed by atoms with Crippen LogP contribution >= 0.6 is 0 Å². The number of nitrogens with one attached hydrogen (secondary N) is 1. The van der Waals surface area contributed by atoms with Gasteiger partial charge in [0.2, 0.25) is 5.91 Å². The monoisotopic (exact) mass is 426 g/mol.